The zero-order valence-corrected chi connectivity index (χ0v) is 10.8. The van der Waals surface area contributed by atoms with Crippen LogP contribution in [0.5, 0.6) is 5.75 Å². The predicted molar refractivity (Wildman–Crippen MR) is 64.3 cm³/mol. The van der Waals surface area contributed by atoms with Crippen LogP contribution in [0.3, 0.4) is 0 Å². The van der Waals surface area contributed by atoms with Gasteiger partial charge < -0.3 is 15.2 Å². The number of likely N-dealkylation sites (N-methyl/N-ethyl adjacent to an activating group) is 1. The molecule has 0 aliphatic heterocycles. The van der Waals surface area contributed by atoms with Crippen LogP contribution in [-0.4, -0.2) is 25.8 Å². The van der Waals surface area contributed by atoms with Crippen LogP contribution in [0.1, 0.15) is 17.2 Å². The van der Waals surface area contributed by atoms with Crippen molar-refractivity contribution < 1.29 is 9.84 Å². The normalized spacial score (nSPS) is 12.6. The maximum Gasteiger partial charge on any atom is 0.133 e. The van der Waals surface area contributed by atoms with E-state index in [0.29, 0.717) is 6.54 Å². The fourth-order valence-corrected chi connectivity index (χ4v) is 2.02. The summed E-state index contributed by atoms with van der Waals surface area (Å²) in [6, 6.07) is 3.74. The molecule has 0 amide bonds. The van der Waals surface area contributed by atoms with Gasteiger partial charge in [0.05, 0.1) is 17.7 Å². The summed E-state index contributed by atoms with van der Waals surface area (Å²) in [5, 5.41) is 12.8. The third kappa shape index (κ3) is 2.71. The number of halogens is 1. The molecule has 0 spiro atoms. The number of benzene rings is 1. The summed E-state index contributed by atoms with van der Waals surface area (Å²) >= 11 is 3.45. The molecule has 0 heterocycles. The van der Waals surface area contributed by atoms with E-state index in [9.17, 15) is 5.11 Å². The molecule has 1 aromatic carbocycles. The minimum atomic E-state index is -0.489. The molecule has 0 aromatic heterocycles. The highest BCUT2D eigenvalue weighted by Crippen LogP contribution is 2.32. The van der Waals surface area contributed by atoms with Crippen molar-refractivity contribution >= 4 is 15.9 Å². The monoisotopic (exact) mass is 273 g/mol. The molecule has 0 aliphatic rings. The highest BCUT2D eigenvalue weighted by molar-refractivity contribution is 9.10. The molecule has 4 heteroatoms. The van der Waals surface area contributed by atoms with Gasteiger partial charge in [-0.3, -0.25) is 0 Å². The highest BCUT2D eigenvalue weighted by atomic mass is 79.9. The van der Waals surface area contributed by atoms with Crippen LogP contribution in [0.2, 0.25) is 0 Å². The molecule has 1 unspecified atom stereocenters. The molecule has 1 rings (SSSR count). The molecule has 0 saturated carbocycles. The molecule has 1 atom stereocenters. The zero-order valence-electron chi connectivity index (χ0n) is 9.17. The van der Waals surface area contributed by atoms with E-state index >= 15 is 0 Å². The van der Waals surface area contributed by atoms with Crippen molar-refractivity contribution in [3.05, 3.63) is 27.7 Å². The number of aliphatic hydroxyl groups excluding tert-OH is 1. The number of aliphatic hydroxyl groups is 1. The molecule has 3 nitrogen and oxygen atoms in total. The van der Waals surface area contributed by atoms with E-state index in [1.807, 2.05) is 26.1 Å². The van der Waals surface area contributed by atoms with Crippen LogP contribution >= 0.6 is 15.9 Å². The van der Waals surface area contributed by atoms with Crippen molar-refractivity contribution in [2.24, 2.45) is 0 Å². The van der Waals surface area contributed by atoms with E-state index in [-0.39, 0.29) is 0 Å². The van der Waals surface area contributed by atoms with E-state index in [1.165, 1.54) is 0 Å². The first-order valence-electron chi connectivity index (χ1n) is 4.77. The Bertz CT molecular complexity index is 342. The zero-order chi connectivity index (χ0) is 11.4. The molecule has 0 fully saturated rings. The summed E-state index contributed by atoms with van der Waals surface area (Å²) in [4.78, 5) is 0. The first-order chi connectivity index (χ1) is 7.11. The van der Waals surface area contributed by atoms with Crippen molar-refractivity contribution in [3.8, 4) is 5.75 Å². The fourth-order valence-electron chi connectivity index (χ4n) is 1.50. The maximum absolute atomic E-state index is 9.87. The minimum Gasteiger partial charge on any atom is -0.496 e. The minimum absolute atomic E-state index is 0.489. The van der Waals surface area contributed by atoms with Crippen molar-refractivity contribution in [2.45, 2.75) is 13.0 Å². The molecule has 15 heavy (non-hydrogen) atoms. The second kappa shape index (κ2) is 5.49. The molecule has 1 aromatic rings. The quantitative estimate of drug-likeness (QED) is 0.882. The topological polar surface area (TPSA) is 41.5 Å². The van der Waals surface area contributed by atoms with Gasteiger partial charge in [0, 0.05) is 6.54 Å². The van der Waals surface area contributed by atoms with Gasteiger partial charge in [0.25, 0.3) is 0 Å². The largest absolute Gasteiger partial charge is 0.496 e. The summed E-state index contributed by atoms with van der Waals surface area (Å²) in [6.45, 7) is 2.50. The molecule has 0 saturated heterocycles. The predicted octanol–water partition coefficient (Wildman–Crippen LogP) is 2.02. The van der Waals surface area contributed by atoms with E-state index in [0.717, 1.165) is 21.3 Å². The van der Waals surface area contributed by atoms with Crippen molar-refractivity contribution in [1.29, 1.82) is 0 Å². The van der Waals surface area contributed by atoms with Gasteiger partial charge in [0.2, 0.25) is 0 Å². The average molecular weight is 274 g/mol. The molecule has 2 N–H and O–H groups in total. The maximum atomic E-state index is 9.87. The molecule has 0 aliphatic carbocycles. The third-order valence-electron chi connectivity index (χ3n) is 2.37. The number of hydrogen-bond acceptors (Lipinski definition) is 3. The van der Waals surface area contributed by atoms with Crippen LogP contribution < -0.4 is 10.1 Å². The van der Waals surface area contributed by atoms with Gasteiger partial charge in [-0.1, -0.05) is 6.07 Å². The smallest absolute Gasteiger partial charge is 0.133 e. The van der Waals surface area contributed by atoms with Gasteiger partial charge in [-0.2, -0.15) is 0 Å². The lowest BCUT2D eigenvalue weighted by atomic mass is 10.0. The van der Waals surface area contributed by atoms with E-state index in [2.05, 4.69) is 21.2 Å². The van der Waals surface area contributed by atoms with Crippen LogP contribution in [0.15, 0.2) is 16.6 Å². The first-order valence-corrected chi connectivity index (χ1v) is 5.56. The van der Waals surface area contributed by atoms with Gasteiger partial charge in [-0.25, -0.2) is 0 Å². The summed E-state index contributed by atoms with van der Waals surface area (Å²) in [5.74, 6) is 0.785. The summed E-state index contributed by atoms with van der Waals surface area (Å²) in [5.41, 5.74) is 1.93. The Hall–Kier alpha value is -0.580. The first kappa shape index (κ1) is 12.5. The van der Waals surface area contributed by atoms with Crippen LogP contribution in [0.4, 0.5) is 0 Å². The summed E-state index contributed by atoms with van der Waals surface area (Å²) in [7, 11) is 3.44. The van der Waals surface area contributed by atoms with Gasteiger partial charge in [0.15, 0.2) is 0 Å². The van der Waals surface area contributed by atoms with Crippen molar-refractivity contribution in [3.63, 3.8) is 0 Å². The standard InChI is InChI=1S/C11H16BrNO2/c1-7-8(9(14)6-13-2)4-5-10(15-3)11(7)12/h4-5,9,13-14H,6H2,1-3H3. The van der Waals surface area contributed by atoms with Crippen LogP contribution in [0, 0.1) is 6.92 Å². The van der Waals surface area contributed by atoms with Gasteiger partial charge in [-0.15, -0.1) is 0 Å². The average Bonchev–Trinajstić information content (AvgIpc) is 2.22. The van der Waals surface area contributed by atoms with Crippen molar-refractivity contribution in [2.75, 3.05) is 20.7 Å². The molecule has 84 valence electrons. The number of hydrogen-bond donors (Lipinski definition) is 2. The van der Waals surface area contributed by atoms with Gasteiger partial charge in [0.1, 0.15) is 5.75 Å². The van der Waals surface area contributed by atoms with Crippen LogP contribution in [-0.2, 0) is 0 Å². The van der Waals surface area contributed by atoms with E-state index < -0.39 is 6.10 Å². The van der Waals surface area contributed by atoms with E-state index in [4.69, 9.17) is 4.74 Å². The lowest BCUT2D eigenvalue weighted by Gasteiger charge is -2.16. The Labute approximate surface area is 98.6 Å². The summed E-state index contributed by atoms with van der Waals surface area (Å²) in [6.07, 6.45) is -0.489. The number of methoxy groups -OCH3 is 1. The number of ether oxygens (including phenoxy) is 1. The molecular formula is C11H16BrNO2. The molecule has 0 bridgehead atoms. The lowest BCUT2D eigenvalue weighted by molar-refractivity contribution is 0.177. The lowest BCUT2D eigenvalue weighted by Crippen LogP contribution is -2.17. The fraction of sp³-hybridized carbons (Fsp3) is 0.455. The second-order valence-corrected chi connectivity index (χ2v) is 4.16. The van der Waals surface area contributed by atoms with Crippen LogP contribution in [0.25, 0.3) is 0 Å². The Morgan fingerprint density at radius 1 is 1.53 bits per heavy atom. The SMILES string of the molecule is CNCC(O)c1ccc(OC)c(Br)c1C. The molecule has 0 radical (unpaired) electrons. The number of rotatable bonds is 4. The highest BCUT2D eigenvalue weighted by Gasteiger charge is 2.13. The third-order valence-corrected chi connectivity index (χ3v) is 3.35. The Morgan fingerprint density at radius 3 is 2.73 bits per heavy atom. The van der Waals surface area contributed by atoms with Gasteiger partial charge >= 0.3 is 0 Å². The second-order valence-electron chi connectivity index (χ2n) is 3.37. The Balaban J connectivity index is 3.06. The Kier molecular flexibility index (Phi) is 4.57. The van der Waals surface area contributed by atoms with Crippen molar-refractivity contribution in [1.82, 2.24) is 5.32 Å². The summed E-state index contributed by atoms with van der Waals surface area (Å²) < 4.78 is 6.08. The van der Waals surface area contributed by atoms with Gasteiger partial charge in [-0.05, 0) is 47.1 Å². The van der Waals surface area contributed by atoms with E-state index in [1.54, 1.807) is 7.11 Å². The Morgan fingerprint density at radius 2 is 2.20 bits per heavy atom. The number of nitrogens with one attached hydrogen (secondary N) is 1. The molecular weight excluding hydrogens is 258 g/mol.